The maximum atomic E-state index is 12.6. The Morgan fingerprint density at radius 1 is 1.04 bits per heavy atom. The van der Waals surface area contributed by atoms with Crippen LogP contribution in [0.2, 0.25) is 0 Å². The molecule has 4 atom stereocenters. The fourth-order valence-corrected chi connectivity index (χ4v) is 5.06. The number of hydrogen-bond donors (Lipinski definition) is 0. The van der Waals surface area contributed by atoms with Gasteiger partial charge in [-0.2, -0.15) is 0 Å². The molecule has 27 heavy (non-hydrogen) atoms. The van der Waals surface area contributed by atoms with Crippen molar-refractivity contribution >= 4 is 5.97 Å². The Bertz CT molecular complexity index is 817. The number of rotatable bonds is 4. The summed E-state index contributed by atoms with van der Waals surface area (Å²) in [6.45, 7) is 0. The van der Waals surface area contributed by atoms with Crippen LogP contribution in [-0.4, -0.2) is 44.2 Å². The van der Waals surface area contributed by atoms with Crippen LogP contribution in [0.4, 0.5) is 0 Å². The summed E-state index contributed by atoms with van der Waals surface area (Å²) in [5, 5.41) is 0. The topological polar surface area (TPSA) is 38.8 Å². The van der Waals surface area contributed by atoms with Crippen molar-refractivity contribution in [3.63, 3.8) is 0 Å². The Hall–Kier alpha value is -2.33. The fourth-order valence-electron chi connectivity index (χ4n) is 5.06. The fraction of sp³-hybridized carbons (Fsp3) is 0.435. The Kier molecular flexibility index (Phi) is 4.92. The minimum Gasteiger partial charge on any atom is -0.496 e. The van der Waals surface area contributed by atoms with Crippen molar-refractivity contribution < 1.29 is 14.3 Å². The first-order valence-electron chi connectivity index (χ1n) is 9.67. The van der Waals surface area contributed by atoms with Crippen molar-refractivity contribution in [2.45, 2.75) is 37.3 Å². The number of esters is 1. The second-order valence-corrected chi connectivity index (χ2v) is 7.68. The number of methoxy groups -OCH3 is 2. The average Bonchev–Trinajstić information content (AvgIpc) is 2.95. The van der Waals surface area contributed by atoms with Crippen molar-refractivity contribution in [3.05, 3.63) is 54.1 Å². The summed E-state index contributed by atoms with van der Waals surface area (Å²) in [4.78, 5) is 15.0. The normalized spacial score (nSPS) is 27.4. The van der Waals surface area contributed by atoms with Gasteiger partial charge in [0.15, 0.2) is 0 Å². The number of piperidine rings is 1. The number of fused-ring (bicyclic) bond motifs is 2. The van der Waals surface area contributed by atoms with Gasteiger partial charge in [0.25, 0.3) is 0 Å². The van der Waals surface area contributed by atoms with Crippen molar-refractivity contribution in [3.8, 4) is 16.9 Å². The van der Waals surface area contributed by atoms with Gasteiger partial charge in [-0.3, -0.25) is 9.69 Å². The van der Waals surface area contributed by atoms with Crippen LogP contribution in [0.15, 0.2) is 48.5 Å². The van der Waals surface area contributed by atoms with Crippen LogP contribution in [0.3, 0.4) is 0 Å². The van der Waals surface area contributed by atoms with Gasteiger partial charge >= 0.3 is 5.97 Å². The van der Waals surface area contributed by atoms with Crippen LogP contribution >= 0.6 is 0 Å². The first kappa shape index (κ1) is 18.1. The molecule has 0 aliphatic carbocycles. The number of hydrogen-bond acceptors (Lipinski definition) is 4. The molecule has 2 aliphatic heterocycles. The molecule has 0 radical (unpaired) electrons. The van der Waals surface area contributed by atoms with Gasteiger partial charge in [-0.15, -0.1) is 0 Å². The molecule has 142 valence electrons. The molecule has 2 aromatic carbocycles. The van der Waals surface area contributed by atoms with Crippen molar-refractivity contribution in [2.75, 3.05) is 21.3 Å². The third-order valence-corrected chi connectivity index (χ3v) is 6.50. The first-order valence-corrected chi connectivity index (χ1v) is 9.67. The molecule has 2 saturated heterocycles. The second-order valence-electron chi connectivity index (χ2n) is 7.68. The number of para-hydroxylation sites is 1. The molecule has 4 unspecified atom stereocenters. The molecule has 4 nitrogen and oxygen atoms in total. The van der Waals surface area contributed by atoms with Gasteiger partial charge in [0.1, 0.15) is 5.75 Å². The average molecular weight is 365 g/mol. The summed E-state index contributed by atoms with van der Waals surface area (Å²) in [5.41, 5.74) is 3.44. The van der Waals surface area contributed by atoms with Gasteiger partial charge in [-0.25, -0.2) is 0 Å². The van der Waals surface area contributed by atoms with Crippen molar-refractivity contribution in [1.29, 1.82) is 0 Å². The SMILES string of the molecule is COC(=O)C1C(c2ccc(-c3ccccc3OC)cc2)CC2CCC1N2C. The van der Waals surface area contributed by atoms with Crippen LogP contribution < -0.4 is 4.74 Å². The van der Waals surface area contributed by atoms with Gasteiger partial charge < -0.3 is 9.47 Å². The lowest BCUT2D eigenvalue weighted by atomic mass is 9.76. The second kappa shape index (κ2) is 7.35. The van der Waals surface area contributed by atoms with E-state index < -0.39 is 0 Å². The maximum absolute atomic E-state index is 12.6. The first-order chi connectivity index (χ1) is 13.1. The molecule has 4 heteroatoms. The molecule has 0 N–H and O–H groups in total. The molecule has 0 amide bonds. The van der Waals surface area contributed by atoms with Crippen LogP contribution in [-0.2, 0) is 9.53 Å². The van der Waals surface area contributed by atoms with Crippen LogP contribution in [0.1, 0.15) is 30.7 Å². The monoisotopic (exact) mass is 365 g/mol. The number of benzene rings is 2. The predicted molar refractivity (Wildman–Crippen MR) is 106 cm³/mol. The number of ether oxygens (including phenoxy) is 2. The summed E-state index contributed by atoms with van der Waals surface area (Å²) >= 11 is 0. The summed E-state index contributed by atoms with van der Waals surface area (Å²) in [6.07, 6.45) is 3.27. The van der Waals surface area contributed by atoms with Crippen LogP contribution in [0.25, 0.3) is 11.1 Å². The van der Waals surface area contributed by atoms with E-state index in [1.54, 1.807) is 7.11 Å². The van der Waals surface area contributed by atoms with E-state index in [2.05, 4.69) is 42.3 Å². The van der Waals surface area contributed by atoms with E-state index in [0.717, 1.165) is 29.7 Å². The zero-order valence-electron chi connectivity index (χ0n) is 16.2. The highest BCUT2D eigenvalue weighted by Gasteiger charge is 2.49. The van der Waals surface area contributed by atoms with E-state index in [1.807, 2.05) is 18.2 Å². The van der Waals surface area contributed by atoms with Gasteiger partial charge in [0, 0.05) is 23.6 Å². The Balaban J connectivity index is 1.65. The summed E-state index contributed by atoms with van der Waals surface area (Å²) in [5.74, 6) is 0.926. The Labute approximate surface area is 161 Å². The molecular formula is C23H27NO3. The van der Waals surface area contributed by atoms with Crippen molar-refractivity contribution in [1.82, 2.24) is 4.90 Å². The number of nitrogens with zero attached hydrogens (tertiary/aromatic N) is 1. The zero-order valence-corrected chi connectivity index (χ0v) is 16.2. The van der Waals surface area contributed by atoms with Gasteiger partial charge in [0.2, 0.25) is 0 Å². The van der Waals surface area contributed by atoms with E-state index >= 15 is 0 Å². The van der Waals surface area contributed by atoms with Gasteiger partial charge in [-0.1, -0.05) is 42.5 Å². The van der Waals surface area contributed by atoms with Gasteiger partial charge in [-0.05, 0) is 43.5 Å². The maximum Gasteiger partial charge on any atom is 0.310 e. The Morgan fingerprint density at radius 3 is 2.48 bits per heavy atom. The highest BCUT2D eigenvalue weighted by molar-refractivity contribution is 5.75. The number of carbonyl (C=O) groups is 1. The molecule has 2 fully saturated rings. The Morgan fingerprint density at radius 2 is 1.78 bits per heavy atom. The lowest BCUT2D eigenvalue weighted by molar-refractivity contribution is -0.150. The van der Waals surface area contributed by atoms with E-state index in [-0.39, 0.29) is 23.8 Å². The summed E-state index contributed by atoms with van der Waals surface area (Å²) < 4.78 is 10.7. The zero-order chi connectivity index (χ0) is 19.0. The molecule has 2 aromatic rings. The quantitative estimate of drug-likeness (QED) is 0.765. The van der Waals surface area contributed by atoms with E-state index in [9.17, 15) is 4.79 Å². The highest BCUT2D eigenvalue weighted by Crippen LogP contribution is 2.47. The van der Waals surface area contributed by atoms with Crippen LogP contribution in [0, 0.1) is 5.92 Å². The predicted octanol–water partition coefficient (Wildman–Crippen LogP) is 4.10. The lowest BCUT2D eigenvalue weighted by Gasteiger charge is -2.41. The largest absolute Gasteiger partial charge is 0.496 e. The van der Waals surface area contributed by atoms with Crippen molar-refractivity contribution in [2.24, 2.45) is 5.92 Å². The molecule has 2 bridgehead atoms. The smallest absolute Gasteiger partial charge is 0.310 e. The molecule has 2 heterocycles. The molecule has 0 saturated carbocycles. The van der Waals surface area contributed by atoms with E-state index in [0.29, 0.717) is 6.04 Å². The highest BCUT2D eigenvalue weighted by atomic mass is 16.5. The van der Waals surface area contributed by atoms with E-state index in [4.69, 9.17) is 9.47 Å². The third-order valence-electron chi connectivity index (χ3n) is 6.50. The van der Waals surface area contributed by atoms with E-state index in [1.165, 1.54) is 19.1 Å². The van der Waals surface area contributed by atoms with Crippen LogP contribution in [0.5, 0.6) is 5.75 Å². The summed E-state index contributed by atoms with van der Waals surface area (Å²) in [6, 6.07) is 17.5. The van der Waals surface area contributed by atoms with Gasteiger partial charge in [0.05, 0.1) is 20.1 Å². The minimum atomic E-state index is -0.0872. The third kappa shape index (κ3) is 3.12. The molecule has 4 rings (SSSR count). The molecule has 0 spiro atoms. The standard InChI is InChI=1S/C23H27NO3/c1-24-17-12-13-20(24)22(23(25)27-3)19(14-17)16-10-8-15(9-11-16)18-6-4-5-7-21(18)26-2/h4-11,17,19-20,22H,12-14H2,1-3H3. The molecular weight excluding hydrogens is 338 g/mol. The number of carbonyl (C=O) groups excluding carboxylic acids is 1. The summed E-state index contributed by atoms with van der Waals surface area (Å²) in [7, 11) is 5.35. The minimum absolute atomic E-state index is 0.0778. The molecule has 2 aliphatic rings. The lowest BCUT2D eigenvalue weighted by Crippen LogP contribution is -2.49. The molecule has 0 aromatic heterocycles.